The van der Waals surface area contributed by atoms with Crippen LogP contribution in [-0.4, -0.2) is 0 Å². The summed E-state index contributed by atoms with van der Waals surface area (Å²) < 4.78 is 9.34. The van der Waals surface area contributed by atoms with Crippen LogP contribution in [0.25, 0.3) is 109 Å². The quantitative estimate of drug-likeness (QED) is 0.108. The molecule has 3 nitrogen and oxygen atoms in total. The minimum Gasteiger partial charge on any atom is -0.456 e. The number of fused-ring (bicyclic) bond motifs is 12. The fourth-order valence-electron chi connectivity index (χ4n) is 18.5. The Bertz CT molecular complexity index is 6240. The van der Waals surface area contributed by atoms with Crippen molar-refractivity contribution >= 4 is 87.6 Å². The SMILES string of the molecule is c1ccc(-c2ccc(N(c3ccc(-c4ccccc4)cc3)c3ccc4oc5cccc(C6(c7ccccc7)c7ccccc7-c7ccccc76)c5c4c3)cc2)cc1.c1ccc(-c2ccc(N(c3ccc(-c4ccccc4)cc3)c3ccc4sc5cccc(C6(c7ccccc7)c7ccccc7-c7ccccc76)c5c4c3)cc2)cc1. The van der Waals surface area contributed by atoms with E-state index in [4.69, 9.17) is 4.42 Å². The van der Waals surface area contributed by atoms with E-state index in [9.17, 15) is 0 Å². The van der Waals surface area contributed by atoms with Crippen molar-refractivity contribution in [2.45, 2.75) is 10.8 Å². The molecule has 0 atom stereocenters. The summed E-state index contributed by atoms with van der Waals surface area (Å²) in [7, 11) is 0. The average molecular weight is 1470 g/mol. The molecule has 536 valence electrons. The lowest BCUT2D eigenvalue weighted by Crippen LogP contribution is -2.28. The molecule has 114 heavy (non-hydrogen) atoms. The van der Waals surface area contributed by atoms with Crippen LogP contribution in [-0.2, 0) is 10.8 Å². The number of thiophene rings is 1. The second-order valence-corrected chi connectivity index (χ2v) is 30.7. The number of anilines is 6. The zero-order valence-electron chi connectivity index (χ0n) is 62.4. The first-order chi connectivity index (χ1) is 56.5. The van der Waals surface area contributed by atoms with Crippen molar-refractivity contribution in [1.82, 2.24) is 0 Å². The molecule has 2 aromatic heterocycles. The summed E-state index contributed by atoms with van der Waals surface area (Å²) in [5, 5.41) is 4.80. The van der Waals surface area contributed by atoms with Crippen LogP contribution in [0.4, 0.5) is 34.1 Å². The molecule has 0 bridgehead atoms. The van der Waals surface area contributed by atoms with Crippen molar-refractivity contribution in [3.63, 3.8) is 0 Å². The summed E-state index contributed by atoms with van der Waals surface area (Å²) >= 11 is 1.88. The van der Waals surface area contributed by atoms with Crippen LogP contribution in [0.2, 0.25) is 0 Å². The van der Waals surface area contributed by atoms with Crippen LogP contribution in [0.15, 0.2) is 453 Å². The maximum Gasteiger partial charge on any atom is 0.135 e. The van der Waals surface area contributed by atoms with Crippen molar-refractivity contribution in [2.75, 3.05) is 9.80 Å². The Morgan fingerprint density at radius 1 is 0.193 bits per heavy atom. The van der Waals surface area contributed by atoms with Crippen LogP contribution in [0, 0.1) is 0 Å². The van der Waals surface area contributed by atoms with Crippen LogP contribution in [0.5, 0.6) is 0 Å². The van der Waals surface area contributed by atoms with Gasteiger partial charge in [0.1, 0.15) is 11.2 Å². The van der Waals surface area contributed by atoms with Gasteiger partial charge in [0.05, 0.1) is 10.8 Å². The van der Waals surface area contributed by atoms with E-state index in [1.807, 2.05) is 11.3 Å². The monoisotopic (exact) mass is 1470 g/mol. The van der Waals surface area contributed by atoms with E-state index in [-0.39, 0.29) is 0 Å². The Morgan fingerprint density at radius 3 is 0.860 bits per heavy atom. The normalized spacial score (nSPS) is 12.7. The molecule has 18 aromatic carbocycles. The third kappa shape index (κ3) is 11.3. The smallest absolute Gasteiger partial charge is 0.135 e. The van der Waals surface area contributed by atoms with Crippen molar-refractivity contribution < 1.29 is 4.42 Å². The zero-order valence-corrected chi connectivity index (χ0v) is 63.3. The Labute approximate surface area is 668 Å². The van der Waals surface area contributed by atoms with Gasteiger partial charge >= 0.3 is 0 Å². The highest BCUT2D eigenvalue weighted by atomic mass is 32.1. The number of rotatable bonds is 14. The molecule has 20 aromatic rings. The van der Waals surface area contributed by atoms with Gasteiger partial charge < -0.3 is 14.2 Å². The molecule has 0 amide bonds. The maximum absolute atomic E-state index is 6.77. The number of hydrogen-bond acceptors (Lipinski definition) is 4. The summed E-state index contributed by atoms with van der Waals surface area (Å²) in [4.78, 5) is 4.76. The minimum atomic E-state index is -0.555. The molecule has 2 heterocycles. The second kappa shape index (κ2) is 28.5. The first-order valence-electron chi connectivity index (χ1n) is 39.2. The molecule has 0 radical (unpaired) electrons. The second-order valence-electron chi connectivity index (χ2n) is 29.7. The highest BCUT2D eigenvalue weighted by molar-refractivity contribution is 7.25. The van der Waals surface area contributed by atoms with Gasteiger partial charge in [0.2, 0.25) is 0 Å². The van der Waals surface area contributed by atoms with Gasteiger partial charge in [0.15, 0.2) is 0 Å². The van der Waals surface area contributed by atoms with Gasteiger partial charge in [0, 0.05) is 65.1 Å². The van der Waals surface area contributed by atoms with E-state index >= 15 is 0 Å². The number of hydrogen-bond donors (Lipinski definition) is 0. The zero-order chi connectivity index (χ0) is 75.5. The summed E-state index contributed by atoms with van der Waals surface area (Å²) in [5.41, 5.74) is 32.3. The van der Waals surface area contributed by atoms with E-state index in [2.05, 4.69) is 459 Å². The van der Waals surface area contributed by atoms with Crippen molar-refractivity contribution in [3.05, 3.63) is 493 Å². The number of benzene rings is 18. The van der Waals surface area contributed by atoms with Gasteiger partial charge in [-0.2, -0.15) is 0 Å². The van der Waals surface area contributed by atoms with E-state index in [0.29, 0.717) is 0 Å². The molecule has 0 fully saturated rings. The predicted octanol–water partition coefficient (Wildman–Crippen LogP) is 30.0. The lowest BCUT2D eigenvalue weighted by molar-refractivity contribution is 0.667. The molecule has 4 heteroatoms. The maximum atomic E-state index is 6.77. The molecule has 2 aliphatic rings. The summed E-state index contributed by atoms with van der Waals surface area (Å²) in [5.74, 6) is 0. The third-order valence-corrected chi connectivity index (χ3v) is 24.7. The van der Waals surface area contributed by atoms with E-state index in [0.717, 1.165) is 56.1 Å². The van der Waals surface area contributed by atoms with E-state index < -0.39 is 10.8 Å². The lowest BCUT2D eigenvalue weighted by Gasteiger charge is -2.34. The van der Waals surface area contributed by atoms with Crippen LogP contribution in [0.3, 0.4) is 0 Å². The largest absolute Gasteiger partial charge is 0.456 e. The fraction of sp³-hybridized carbons (Fsp3) is 0.0182. The number of furan rings is 1. The highest BCUT2D eigenvalue weighted by Crippen LogP contribution is 2.61. The highest BCUT2D eigenvalue weighted by Gasteiger charge is 2.49. The van der Waals surface area contributed by atoms with Gasteiger partial charge in [-0.3, -0.25) is 0 Å². The summed E-state index contributed by atoms with van der Waals surface area (Å²) in [6, 6.07) is 163. The Balaban J connectivity index is 0.000000143. The Morgan fingerprint density at radius 2 is 0.482 bits per heavy atom. The average Bonchev–Trinajstić information content (AvgIpc) is 1.53. The van der Waals surface area contributed by atoms with Crippen molar-refractivity contribution in [3.8, 4) is 66.8 Å². The van der Waals surface area contributed by atoms with E-state index in [1.54, 1.807) is 0 Å². The minimum absolute atomic E-state index is 0.488. The van der Waals surface area contributed by atoms with Gasteiger partial charge in [-0.25, -0.2) is 0 Å². The van der Waals surface area contributed by atoms with Gasteiger partial charge in [-0.1, -0.05) is 352 Å². The van der Waals surface area contributed by atoms with Crippen LogP contribution < -0.4 is 9.80 Å². The Hall–Kier alpha value is -14.4. The summed E-state index contributed by atoms with van der Waals surface area (Å²) in [6.45, 7) is 0. The van der Waals surface area contributed by atoms with Crippen LogP contribution >= 0.6 is 11.3 Å². The first kappa shape index (κ1) is 67.7. The molecule has 0 N–H and O–H groups in total. The lowest BCUT2D eigenvalue weighted by atomic mass is 9.66. The molecule has 22 rings (SSSR count). The van der Waals surface area contributed by atoms with E-state index in [1.165, 1.54) is 131 Å². The molecule has 0 saturated heterocycles. The third-order valence-electron chi connectivity index (χ3n) is 23.5. The topological polar surface area (TPSA) is 19.6 Å². The number of nitrogens with zero attached hydrogens (tertiary/aromatic N) is 2. The standard InChI is InChI=1S/C55H37NO.C55H37NS/c2*1-4-15-38(16-5-1)40-27-31-43(32-28-40)56(44-33-29-41(30-34-44)39-17-6-2-7-18-39)45-35-36-52-48(37-45)54-51(25-14-26-53(54)57-52)55(42-19-8-3-9-20-42)49-23-12-10-21-46(49)47-22-11-13-24-50(47)55/h2*1-37H. The van der Waals surface area contributed by atoms with Gasteiger partial charge in [-0.05, 0) is 208 Å². The molecule has 0 spiro atoms. The van der Waals surface area contributed by atoms with Crippen molar-refractivity contribution in [2.24, 2.45) is 0 Å². The molecular weight excluding hydrogens is 1400 g/mol. The molecular formula is C110H74N2OS. The molecule has 0 saturated carbocycles. The Kier molecular flexibility index (Phi) is 16.9. The summed E-state index contributed by atoms with van der Waals surface area (Å²) in [6.07, 6.45) is 0. The van der Waals surface area contributed by atoms with Crippen LogP contribution in [0.1, 0.15) is 44.5 Å². The van der Waals surface area contributed by atoms with Gasteiger partial charge in [-0.15, -0.1) is 11.3 Å². The fourth-order valence-corrected chi connectivity index (χ4v) is 19.6. The molecule has 0 aliphatic heterocycles. The first-order valence-corrected chi connectivity index (χ1v) is 40.0. The predicted molar refractivity (Wildman–Crippen MR) is 479 cm³/mol. The molecule has 2 aliphatic carbocycles. The molecule has 0 unspecified atom stereocenters. The van der Waals surface area contributed by atoms with Crippen molar-refractivity contribution in [1.29, 1.82) is 0 Å². The van der Waals surface area contributed by atoms with Gasteiger partial charge in [0.25, 0.3) is 0 Å².